The maximum atomic E-state index is 5.37. The fourth-order valence-electron chi connectivity index (χ4n) is 1.36. The lowest BCUT2D eigenvalue weighted by atomic mass is 10.1. The van der Waals surface area contributed by atoms with E-state index >= 15 is 0 Å². The molecule has 0 fully saturated rings. The van der Waals surface area contributed by atoms with Crippen LogP contribution in [0.5, 0.6) is 0 Å². The first-order valence-electron chi connectivity index (χ1n) is 5.02. The van der Waals surface area contributed by atoms with E-state index in [1.54, 1.807) is 0 Å². The molecule has 1 nitrogen and oxygen atoms in total. The number of terminal acetylenes is 1. The zero-order chi connectivity index (χ0) is 10.4. The Balaban J connectivity index is 2.54. The summed E-state index contributed by atoms with van der Waals surface area (Å²) >= 11 is 0. The summed E-state index contributed by atoms with van der Waals surface area (Å²) in [6, 6.07) is 8.55. The van der Waals surface area contributed by atoms with Crippen LogP contribution in [0.15, 0.2) is 24.3 Å². The highest BCUT2D eigenvalue weighted by Crippen LogP contribution is 2.06. The molecule has 0 aliphatic rings. The molecule has 0 amide bonds. The van der Waals surface area contributed by atoms with Gasteiger partial charge in [0.05, 0.1) is 6.04 Å². The van der Waals surface area contributed by atoms with Crippen LogP contribution in [-0.4, -0.2) is 6.04 Å². The normalized spacial score (nSPS) is 12.1. The minimum atomic E-state index is 0.189. The number of rotatable bonds is 4. The van der Waals surface area contributed by atoms with E-state index in [1.807, 2.05) is 0 Å². The van der Waals surface area contributed by atoms with Crippen LogP contribution in [-0.2, 0) is 6.54 Å². The summed E-state index contributed by atoms with van der Waals surface area (Å²) < 4.78 is 0. The topological polar surface area (TPSA) is 12.0 Å². The second-order valence-corrected chi connectivity index (χ2v) is 3.43. The molecule has 1 unspecified atom stereocenters. The first-order valence-corrected chi connectivity index (χ1v) is 5.02. The van der Waals surface area contributed by atoms with Gasteiger partial charge >= 0.3 is 0 Å². The van der Waals surface area contributed by atoms with E-state index in [1.165, 1.54) is 11.1 Å². The highest BCUT2D eigenvalue weighted by molar-refractivity contribution is 5.25. The average Bonchev–Trinajstić information content (AvgIpc) is 2.22. The molecule has 0 saturated carbocycles. The summed E-state index contributed by atoms with van der Waals surface area (Å²) in [6.07, 6.45) is 6.35. The van der Waals surface area contributed by atoms with E-state index < -0.39 is 0 Å². The molecule has 1 heteroatoms. The first kappa shape index (κ1) is 10.8. The molecule has 0 saturated heterocycles. The Morgan fingerprint density at radius 2 is 2.14 bits per heavy atom. The number of hydrogen-bond acceptors (Lipinski definition) is 1. The lowest BCUT2D eigenvalue weighted by Gasteiger charge is -2.11. The van der Waals surface area contributed by atoms with Gasteiger partial charge in [-0.2, -0.15) is 0 Å². The standard InChI is InChI=1S/C13H17N/c1-4-13(5-2)14-10-12-9-7-6-8-11(12)3/h1,6-9,13-14H,5,10H2,2-3H3. The summed E-state index contributed by atoms with van der Waals surface area (Å²) in [7, 11) is 0. The van der Waals surface area contributed by atoms with E-state index in [9.17, 15) is 0 Å². The van der Waals surface area contributed by atoms with Crippen molar-refractivity contribution in [1.82, 2.24) is 5.32 Å². The Kier molecular flexibility index (Phi) is 4.22. The SMILES string of the molecule is C#CC(CC)NCc1ccccc1C. The van der Waals surface area contributed by atoms with Gasteiger partial charge in [0.25, 0.3) is 0 Å². The number of hydrogen-bond donors (Lipinski definition) is 1. The van der Waals surface area contributed by atoms with Gasteiger partial charge in [-0.1, -0.05) is 37.1 Å². The number of aryl methyl sites for hydroxylation is 1. The molecule has 0 heterocycles. The van der Waals surface area contributed by atoms with Crippen LogP contribution in [0.25, 0.3) is 0 Å². The van der Waals surface area contributed by atoms with E-state index in [4.69, 9.17) is 6.42 Å². The second-order valence-electron chi connectivity index (χ2n) is 3.43. The van der Waals surface area contributed by atoms with Gasteiger partial charge < -0.3 is 0 Å². The van der Waals surface area contributed by atoms with E-state index in [0.29, 0.717) is 0 Å². The molecule has 0 radical (unpaired) electrons. The van der Waals surface area contributed by atoms with Crippen LogP contribution in [0, 0.1) is 19.3 Å². The zero-order valence-electron chi connectivity index (χ0n) is 8.88. The molecule has 0 spiro atoms. The molecule has 74 valence electrons. The highest BCUT2D eigenvalue weighted by atomic mass is 14.9. The molecule has 1 rings (SSSR count). The minimum Gasteiger partial charge on any atom is -0.300 e. The van der Waals surface area contributed by atoms with Crippen LogP contribution < -0.4 is 5.32 Å². The summed E-state index contributed by atoms with van der Waals surface area (Å²) in [6.45, 7) is 5.07. The molecule has 1 aromatic carbocycles. The Bertz CT molecular complexity index is 322. The molecule has 1 atom stereocenters. The highest BCUT2D eigenvalue weighted by Gasteiger charge is 2.01. The van der Waals surface area contributed by atoms with Crippen molar-refractivity contribution < 1.29 is 0 Å². The molecule has 0 bridgehead atoms. The lowest BCUT2D eigenvalue weighted by molar-refractivity contribution is 0.591. The van der Waals surface area contributed by atoms with Crippen LogP contribution in [0.1, 0.15) is 24.5 Å². The predicted octanol–water partition coefficient (Wildman–Crippen LogP) is 2.50. The maximum Gasteiger partial charge on any atom is 0.0686 e. The van der Waals surface area contributed by atoms with Crippen molar-refractivity contribution in [3.63, 3.8) is 0 Å². The van der Waals surface area contributed by atoms with E-state index in [0.717, 1.165) is 13.0 Å². The third-order valence-corrected chi connectivity index (χ3v) is 2.41. The lowest BCUT2D eigenvalue weighted by Crippen LogP contribution is -2.26. The van der Waals surface area contributed by atoms with Crippen molar-refractivity contribution in [2.75, 3.05) is 0 Å². The minimum absolute atomic E-state index is 0.189. The molecular weight excluding hydrogens is 170 g/mol. The maximum absolute atomic E-state index is 5.37. The van der Waals surface area contributed by atoms with Gasteiger partial charge in [-0.25, -0.2) is 0 Å². The fraction of sp³-hybridized carbons (Fsp3) is 0.385. The summed E-state index contributed by atoms with van der Waals surface area (Å²) in [5.74, 6) is 2.73. The molecule has 14 heavy (non-hydrogen) atoms. The van der Waals surface area contributed by atoms with Crippen molar-refractivity contribution in [3.8, 4) is 12.3 Å². The van der Waals surface area contributed by atoms with Crippen molar-refractivity contribution in [1.29, 1.82) is 0 Å². The van der Waals surface area contributed by atoms with Crippen LogP contribution in [0.3, 0.4) is 0 Å². The predicted molar refractivity (Wildman–Crippen MR) is 60.9 cm³/mol. The Hall–Kier alpha value is -1.26. The smallest absolute Gasteiger partial charge is 0.0686 e. The van der Waals surface area contributed by atoms with Gasteiger partial charge in [-0.05, 0) is 24.5 Å². The summed E-state index contributed by atoms with van der Waals surface area (Å²) in [4.78, 5) is 0. The molecular formula is C13H17N. The van der Waals surface area contributed by atoms with Gasteiger partial charge in [0.2, 0.25) is 0 Å². The van der Waals surface area contributed by atoms with Crippen molar-refractivity contribution in [2.24, 2.45) is 0 Å². The second kappa shape index (κ2) is 5.47. The van der Waals surface area contributed by atoms with Crippen LogP contribution >= 0.6 is 0 Å². The largest absolute Gasteiger partial charge is 0.300 e. The number of benzene rings is 1. The fourth-order valence-corrected chi connectivity index (χ4v) is 1.36. The molecule has 1 N–H and O–H groups in total. The third kappa shape index (κ3) is 2.90. The molecule has 0 aromatic heterocycles. The van der Waals surface area contributed by atoms with Crippen LogP contribution in [0.2, 0.25) is 0 Å². The van der Waals surface area contributed by atoms with Gasteiger partial charge in [-0.3, -0.25) is 5.32 Å². The monoisotopic (exact) mass is 187 g/mol. The van der Waals surface area contributed by atoms with Crippen molar-refractivity contribution in [3.05, 3.63) is 35.4 Å². The molecule has 0 aliphatic carbocycles. The number of nitrogens with one attached hydrogen (secondary N) is 1. The van der Waals surface area contributed by atoms with E-state index in [2.05, 4.69) is 49.4 Å². The van der Waals surface area contributed by atoms with Gasteiger partial charge in [0, 0.05) is 6.54 Å². The Morgan fingerprint density at radius 3 is 2.71 bits per heavy atom. The quantitative estimate of drug-likeness (QED) is 0.714. The zero-order valence-corrected chi connectivity index (χ0v) is 8.88. The van der Waals surface area contributed by atoms with Crippen molar-refractivity contribution >= 4 is 0 Å². The van der Waals surface area contributed by atoms with Gasteiger partial charge in [0.15, 0.2) is 0 Å². The average molecular weight is 187 g/mol. The third-order valence-electron chi connectivity index (χ3n) is 2.41. The Morgan fingerprint density at radius 1 is 1.43 bits per heavy atom. The molecule has 1 aromatic rings. The Labute approximate surface area is 86.5 Å². The molecule has 0 aliphatic heterocycles. The summed E-state index contributed by atoms with van der Waals surface area (Å²) in [5, 5.41) is 3.34. The van der Waals surface area contributed by atoms with Gasteiger partial charge in [-0.15, -0.1) is 6.42 Å². The van der Waals surface area contributed by atoms with Crippen molar-refractivity contribution in [2.45, 2.75) is 32.9 Å². The van der Waals surface area contributed by atoms with E-state index in [-0.39, 0.29) is 6.04 Å². The summed E-state index contributed by atoms with van der Waals surface area (Å²) in [5.41, 5.74) is 2.63. The van der Waals surface area contributed by atoms with Gasteiger partial charge in [0.1, 0.15) is 0 Å². The first-order chi connectivity index (χ1) is 6.77. The van der Waals surface area contributed by atoms with Crippen LogP contribution in [0.4, 0.5) is 0 Å².